The second-order valence-corrected chi connectivity index (χ2v) is 6.37. The predicted octanol–water partition coefficient (Wildman–Crippen LogP) is 2.51. The quantitative estimate of drug-likeness (QED) is 0.802. The molecule has 1 amide bonds. The lowest BCUT2D eigenvalue weighted by Crippen LogP contribution is -2.44. The Labute approximate surface area is 159 Å². The zero-order chi connectivity index (χ0) is 20.5. The molecule has 0 saturated heterocycles. The van der Waals surface area contributed by atoms with Crippen molar-refractivity contribution in [1.29, 1.82) is 0 Å². The Kier molecular flexibility index (Phi) is 5.25. The fourth-order valence-electron chi connectivity index (χ4n) is 2.56. The van der Waals surface area contributed by atoms with Crippen LogP contribution in [0.5, 0.6) is 5.88 Å². The second-order valence-electron chi connectivity index (χ2n) is 6.37. The summed E-state index contributed by atoms with van der Waals surface area (Å²) in [5, 5.41) is 5.85. The first kappa shape index (κ1) is 19.6. The number of nitrogens with one attached hydrogen (secondary N) is 2. The molecule has 0 saturated carbocycles. The number of pyridine rings is 1. The molecule has 2 aromatic heterocycles. The molecule has 28 heavy (non-hydrogen) atoms. The van der Waals surface area contributed by atoms with Crippen molar-refractivity contribution in [2.75, 3.05) is 29.2 Å². The SMILES string of the molecule is Cc1nc(NCc2ccc(OCC(F)(F)F)nc2)nc2c1NC(=O)[C@H](C)N2C. The highest BCUT2D eigenvalue weighted by atomic mass is 19.4. The number of aryl methyl sites for hydroxylation is 1. The van der Waals surface area contributed by atoms with Gasteiger partial charge in [-0.05, 0) is 19.4 Å². The van der Waals surface area contributed by atoms with Gasteiger partial charge in [0.15, 0.2) is 12.4 Å². The summed E-state index contributed by atoms with van der Waals surface area (Å²) in [4.78, 5) is 26.3. The van der Waals surface area contributed by atoms with Gasteiger partial charge >= 0.3 is 6.18 Å². The van der Waals surface area contributed by atoms with Gasteiger partial charge in [0.05, 0.1) is 5.69 Å². The number of ether oxygens (including phenoxy) is 1. The summed E-state index contributed by atoms with van der Waals surface area (Å²) in [5.74, 6) is 0.745. The molecular weight excluding hydrogens is 377 g/mol. The lowest BCUT2D eigenvalue weighted by molar-refractivity contribution is -0.154. The number of anilines is 3. The maximum Gasteiger partial charge on any atom is 0.422 e. The van der Waals surface area contributed by atoms with Crippen molar-refractivity contribution in [2.24, 2.45) is 0 Å². The number of nitrogens with zero attached hydrogens (tertiary/aromatic N) is 4. The van der Waals surface area contributed by atoms with Crippen LogP contribution in [-0.2, 0) is 11.3 Å². The number of carbonyl (C=O) groups excluding carboxylic acids is 1. The molecule has 0 radical (unpaired) electrons. The van der Waals surface area contributed by atoms with E-state index < -0.39 is 12.8 Å². The van der Waals surface area contributed by atoms with E-state index in [9.17, 15) is 18.0 Å². The van der Waals surface area contributed by atoms with E-state index >= 15 is 0 Å². The van der Waals surface area contributed by atoms with Crippen LogP contribution >= 0.6 is 0 Å². The molecule has 0 bridgehead atoms. The summed E-state index contributed by atoms with van der Waals surface area (Å²) in [6.45, 7) is 2.47. The minimum atomic E-state index is -4.41. The molecule has 0 spiro atoms. The zero-order valence-corrected chi connectivity index (χ0v) is 15.5. The fourth-order valence-corrected chi connectivity index (χ4v) is 2.56. The number of hydrogen-bond donors (Lipinski definition) is 2. The Morgan fingerprint density at radius 3 is 2.71 bits per heavy atom. The topological polar surface area (TPSA) is 92.3 Å². The van der Waals surface area contributed by atoms with E-state index in [1.165, 1.54) is 12.3 Å². The number of fused-ring (bicyclic) bond motifs is 1. The molecular formula is C17H19F3N6O2. The summed E-state index contributed by atoms with van der Waals surface area (Å²) < 4.78 is 41.0. The van der Waals surface area contributed by atoms with E-state index in [0.717, 1.165) is 0 Å². The Balaban J connectivity index is 1.67. The van der Waals surface area contributed by atoms with Gasteiger partial charge in [0.2, 0.25) is 17.7 Å². The van der Waals surface area contributed by atoms with Crippen molar-refractivity contribution in [1.82, 2.24) is 15.0 Å². The third kappa shape index (κ3) is 4.41. The average Bonchev–Trinajstić information content (AvgIpc) is 2.64. The average molecular weight is 396 g/mol. The lowest BCUT2D eigenvalue weighted by Gasteiger charge is -2.32. The van der Waals surface area contributed by atoms with Gasteiger partial charge in [-0.25, -0.2) is 9.97 Å². The molecule has 11 heteroatoms. The maximum absolute atomic E-state index is 12.2. The molecule has 0 fully saturated rings. The first-order valence-electron chi connectivity index (χ1n) is 8.45. The highest BCUT2D eigenvalue weighted by Crippen LogP contribution is 2.32. The van der Waals surface area contributed by atoms with Gasteiger partial charge in [-0.2, -0.15) is 18.2 Å². The van der Waals surface area contributed by atoms with Crippen molar-refractivity contribution >= 4 is 23.4 Å². The predicted molar refractivity (Wildman–Crippen MR) is 96.4 cm³/mol. The molecule has 0 aliphatic carbocycles. The molecule has 150 valence electrons. The van der Waals surface area contributed by atoms with Crippen LogP contribution in [0.4, 0.5) is 30.6 Å². The monoisotopic (exact) mass is 396 g/mol. The highest BCUT2D eigenvalue weighted by Gasteiger charge is 2.30. The molecule has 1 aliphatic rings. The van der Waals surface area contributed by atoms with E-state index in [-0.39, 0.29) is 17.8 Å². The maximum atomic E-state index is 12.2. The zero-order valence-electron chi connectivity index (χ0n) is 15.5. The summed E-state index contributed by atoms with van der Waals surface area (Å²) in [6.07, 6.45) is -2.99. The number of aromatic nitrogens is 3. The van der Waals surface area contributed by atoms with Gasteiger partial charge in [0.25, 0.3) is 0 Å². The van der Waals surface area contributed by atoms with Gasteiger partial charge in [-0.3, -0.25) is 4.79 Å². The van der Waals surface area contributed by atoms with Crippen molar-refractivity contribution in [3.05, 3.63) is 29.6 Å². The normalized spacial score (nSPS) is 16.4. The smallest absolute Gasteiger partial charge is 0.422 e. The number of alkyl halides is 3. The lowest BCUT2D eigenvalue weighted by atomic mass is 10.2. The largest absolute Gasteiger partial charge is 0.468 e. The molecule has 2 N–H and O–H groups in total. The molecule has 3 rings (SSSR count). The van der Waals surface area contributed by atoms with Gasteiger partial charge in [-0.1, -0.05) is 6.07 Å². The van der Waals surface area contributed by atoms with Crippen LogP contribution in [-0.4, -0.2) is 46.7 Å². The number of amides is 1. The van der Waals surface area contributed by atoms with E-state index in [1.54, 1.807) is 31.9 Å². The van der Waals surface area contributed by atoms with Crippen molar-refractivity contribution in [2.45, 2.75) is 32.6 Å². The van der Waals surface area contributed by atoms with Gasteiger partial charge < -0.3 is 20.3 Å². The van der Waals surface area contributed by atoms with Crippen LogP contribution in [0.15, 0.2) is 18.3 Å². The van der Waals surface area contributed by atoms with Crippen LogP contribution in [0.2, 0.25) is 0 Å². The van der Waals surface area contributed by atoms with E-state index in [4.69, 9.17) is 0 Å². The molecule has 3 heterocycles. The van der Waals surface area contributed by atoms with Crippen molar-refractivity contribution in [3.8, 4) is 5.88 Å². The van der Waals surface area contributed by atoms with Crippen LogP contribution in [0.25, 0.3) is 0 Å². The second kappa shape index (κ2) is 7.49. The van der Waals surface area contributed by atoms with Gasteiger partial charge in [-0.15, -0.1) is 0 Å². The first-order valence-corrected chi connectivity index (χ1v) is 8.45. The van der Waals surface area contributed by atoms with Gasteiger partial charge in [0, 0.05) is 25.9 Å². The number of hydrogen-bond acceptors (Lipinski definition) is 7. The van der Waals surface area contributed by atoms with Crippen LogP contribution in [0.3, 0.4) is 0 Å². The van der Waals surface area contributed by atoms with Crippen LogP contribution < -0.4 is 20.3 Å². The summed E-state index contributed by atoms with van der Waals surface area (Å²) >= 11 is 0. The van der Waals surface area contributed by atoms with Crippen molar-refractivity contribution < 1.29 is 22.7 Å². The summed E-state index contributed by atoms with van der Waals surface area (Å²) in [7, 11) is 1.78. The molecule has 1 aliphatic heterocycles. The summed E-state index contributed by atoms with van der Waals surface area (Å²) in [6, 6.07) is 2.61. The Morgan fingerprint density at radius 2 is 2.07 bits per heavy atom. The van der Waals surface area contributed by atoms with E-state index in [2.05, 4.69) is 30.3 Å². The van der Waals surface area contributed by atoms with Crippen LogP contribution in [0, 0.1) is 6.92 Å². The number of rotatable bonds is 5. The van der Waals surface area contributed by atoms with E-state index in [0.29, 0.717) is 35.3 Å². The fraction of sp³-hybridized carbons (Fsp3) is 0.412. The number of likely N-dealkylation sites (N-methyl/N-ethyl adjacent to an activating group) is 1. The van der Waals surface area contributed by atoms with E-state index in [1.807, 2.05) is 0 Å². The number of halogens is 3. The minimum Gasteiger partial charge on any atom is -0.468 e. The third-order valence-corrected chi connectivity index (χ3v) is 4.25. The first-order chi connectivity index (χ1) is 13.1. The third-order valence-electron chi connectivity index (χ3n) is 4.25. The molecule has 0 aromatic carbocycles. The Morgan fingerprint density at radius 1 is 1.32 bits per heavy atom. The van der Waals surface area contributed by atoms with Gasteiger partial charge in [0.1, 0.15) is 11.7 Å². The highest BCUT2D eigenvalue weighted by molar-refractivity contribution is 6.03. The van der Waals surface area contributed by atoms with Crippen LogP contribution in [0.1, 0.15) is 18.2 Å². The number of carbonyl (C=O) groups is 1. The molecule has 8 nitrogen and oxygen atoms in total. The van der Waals surface area contributed by atoms with Crippen molar-refractivity contribution in [3.63, 3.8) is 0 Å². The molecule has 2 aromatic rings. The standard InChI is InChI=1S/C17H19F3N6O2/c1-9-13-14(26(3)10(2)15(27)24-13)25-16(23-9)22-7-11-4-5-12(21-6-11)28-8-17(18,19)20/h4-6,10H,7-8H2,1-3H3,(H,24,27)(H,22,23,25)/t10-/m0/s1. The molecule has 0 unspecified atom stereocenters. The molecule has 1 atom stereocenters. The minimum absolute atomic E-state index is 0.103. The summed E-state index contributed by atoms with van der Waals surface area (Å²) in [5.41, 5.74) is 1.91. The Hall–Kier alpha value is -3.11. The Bertz CT molecular complexity index is 872.